The molecule has 0 radical (unpaired) electrons. The Morgan fingerprint density at radius 1 is 1.19 bits per heavy atom. The van der Waals surface area contributed by atoms with Crippen LogP contribution in [0, 0.1) is 11.8 Å². The van der Waals surface area contributed by atoms with Crippen molar-refractivity contribution >= 4 is 6.03 Å². The van der Waals surface area contributed by atoms with Crippen LogP contribution in [0.4, 0.5) is 4.79 Å². The summed E-state index contributed by atoms with van der Waals surface area (Å²) in [6, 6.07) is 0.641. The molecule has 2 unspecified atom stereocenters. The summed E-state index contributed by atoms with van der Waals surface area (Å²) in [7, 11) is 0. The van der Waals surface area contributed by atoms with E-state index >= 15 is 0 Å². The zero-order valence-electron chi connectivity index (χ0n) is 9.74. The fraction of sp³-hybridized carbons (Fsp3) is 0.917. The molecule has 1 aliphatic carbocycles. The number of urea groups is 1. The number of fused-ring (bicyclic) bond motifs is 1. The minimum Gasteiger partial charge on any atom is -0.335 e. The molecule has 2 heterocycles. The highest BCUT2D eigenvalue weighted by Gasteiger charge is 2.35. The van der Waals surface area contributed by atoms with Gasteiger partial charge in [0.05, 0.1) is 0 Å². The van der Waals surface area contributed by atoms with E-state index in [2.05, 4.69) is 10.6 Å². The maximum absolute atomic E-state index is 12.0. The maximum atomic E-state index is 12.0. The van der Waals surface area contributed by atoms with E-state index in [1.54, 1.807) is 0 Å². The summed E-state index contributed by atoms with van der Waals surface area (Å²) >= 11 is 0. The predicted molar refractivity (Wildman–Crippen MR) is 62.2 cm³/mol. The van der Waals surface area contributed by atoms with Crippen LogP contribution in [0.15, 0.2) is 0 Å². The van der Waals surface area contributed by atoms with Crippen molar-refractivity contribution in [2.75, 3.05) is 26.2 Å². The first-order valence-electron chi connectivity index (χ1n) is 6.59. The third-order valence-electron chi connectivity index (χ3n) is 4.42. The van der Waals surface area contributed by atoms with E-state index in [4.69, 9.17) is 0 Å². The Hall–Kier alpha value is -0.770. The first-order chi connectivity index (χ1) is 7.83. The van der Waals surface area contributed by atoms with Gasteiger partial charge < -0.3 is 15.5 Å². The van der Waals surface area contributed by atoms with Gasteiger partial charge in [-0.2, -0.15) is 0 Å². The number of likely N-dealkylation sites (tertiary alicyclic amines) is 1. The molecule has 2 aliphatic heterocycles. The van der Waals surface area contributed by atoms with Gasteiger partial charge in [0, 0.05) is 19.1 Å². The van der Waals surface area contributed by atoms with E-state index in [-0.39, 0.29) is 6.03 Å². The molecule has 4 nitrogen and oxygen atoms in total. The monoisotopic (exact) mass is 223 g/mol. The molecule has 0 bridgehead atoms. The Morgan fingerprint density at radius 2 is 2.00 bits per heavy atom. The van der Waals surface area contributed by atoms with Gasteiger partial charge in [0.25, 0.3) is 0 Å². The molecular formula is C12H21N3O. The molecule has 3 rings (SSSR count). The molecule has 3 aliphatic rings. The second kappa shape index (κ2) is 4.24. The molecule has 4 heteroatoms. The predicted octanol–water partition coefficient (Wildman–Crippen LogP) is 0.790. The number of hydrogen-bond donors (Lipinski definition) is 2. The molecule has 0 aromatic carbocycles. The van der Waals surface area contributed by atoms with Gasteiger partial charge in [0.15, 0.2) is 0 Å². The molecule has 2 atom stereocenters. The molecule has 90 valence electrons. The van der Waals surface area contributed by atoms with E-state index < -0.39 is 0 Å². The number of carbonyl (C=O) groups is 1. The highest BCUT2D eigenvalue weighted by molar-refractivity contribution is 5.74. The molecule has 2 N–H and O–H groups in total. The van der Waals surface area contributed by atoms with Crippen LogP contribution in [0.5, 0.6) is 0 Å². The van der Waals surface area contributed by atoms with Gasteiger partial charge in [-0.05, 0) is 50.6 Å². The van der Waals surface area contributed by atoms with Crippen LogP contribution in [-0.2, 0) is 0 Å². The van der Waals surface area contributed by atoms with Crippen LogP contribution in [0.25, 0.3) is 0 Å². The van der Waals surface area contributed by atoms with Crippen molar-refractivity contribution in [2.24, 2.45) is 11.8 Å². The normalized spacial score (nSPS) is 34.4. The first-order valence-corrected chi connectivity index (χ1v) is 6.59. The summed E-state index contributed by atoms with van der Waals surface area (Å²) in [6.07, 6.45) is 4.80. The lowest BCUT2D eigenvalue weighted by molar-refractivity contribution is 0.144. The van der Waals surface area contributed by atoms with Gasteiger partial charge in [-0.15, -0.1) is 0 Å². The Balaban J connectivity index is 1.52. The molecule has 0 aromatic rings. The van der Waals surface area contributed by atoms with E-state index in [0.717, 1.165) is 32.1 Å². The third kappa shape index (κ3) is 1.90. The zero-order chi connectivity index (χ0) is 11.0. The highest BCUT2D eigenvalue weighted by Crippen LogP contribution is 2.27. The molecule has 0 aromatic heterocycles. The minimum atomic E-state index is 0.176. The lowest BCUT2D eigenvalue weighted by Crippen LogP contribution is -2.51. The topological polar surface area (TPSA) is 44.4 Å². The number of piperidine rings is 1. The quantitative estimate of drug-likeness (QED) is 0.690. The summed E-state index contributed by atoms with van der Waals surface area (Å²) in [5.74, 6) is 1.51. The van der Waals surface area contributed by atoms with E-state index in [1.165, 1.54) is 25.7 Å². The van der Waals surface area contributed by atoms with Crippen molar-refractivity contribution in [2.45, 2.75) is 31.7 Å². The van der Waals surface area contributed by atoms with Gasteiger partial charge in [-0.25, -0.2) is 4.79 Å². The van der Waals surface area contributed by atoms with E-state index in [9.17, 15) is 4.79 Å². The summed E-state index contributed by atoms with van der Waals surface area (Å²) in [6.45, 7) is 4.15. The summed E-state index contributed by atoms with van der Waals surface area (Å²) in [4.78, 5) is 14.0. The Bertz CT molecular complexity index is 277. The number of hydrogen-bond acceptors (Lipinski definition) is 2. The number of nitrogens with zero attached hydrogens (tertiary/aromatic N) is 1. The van der Waals surface area contributed by atoms with Crippen molar-refractivity contribution in [1.82, 2.24) is 15.5 Å². The van der Waals surface area contributed by atoms with E-state index in [1.807, 2.05) is 4.90 Å². The first kappa shape index (κ1) is 10.4. The van der Waals surface area contributed by atoms with Gasteiger partial charge in [-0.1, -0.05) is 0 Å². The van der Waals surface area contributed by atoms with Crippen molar-refractivity contribution in [1.29, 1.82) is 0 Å². The van der Waals surface area contributed by atoms with Crippen molar-refractivity contribution < 1.29 is 4.79 Å². The zero-order valence-corrected chi connectivity index (χ0v) is 9.74. The third-order valence-corrected chi connectivity index (χ3v) is 4.42. The van der Waals surface area contributed by atoms with Crippen molar-refractivity contribution in [3.63, 3.8) is 0 Å². The summed E-state index contributed by atoms with van der Waals surface area (Å²) in [5, 5.41) is 6.56. The second-order valence-corrected chi connectivity index (χ2v) is 5.49. The Labute approximate surface area is 96.8 Å². The molecule has 16 heavy (non-hydrogen) atoms. The molecule has 2 amide bonds. The van der Waals surface area contributed by atoms with Gasteiger partial charge in [0.1, 0.15) is 0 Å². The average Bonchev–Trinajstić information content (AvgIpc) is 2.69. The van der Waals surface area contributed by atoms with Crippen LogP contribution < -0.4 is 10.6 Å². The fourth-order valence-corrected chi connectivity index (χ4v) is 3.04. The average molecular weight is 223 g/mol. The maximum Gasteiger partial charge on any atom is 0.317 e. The SMILES string of the molecule is O=C(NC1CCC1)N1CCC2CNCC2C1. The lowest BCUT2D eigenvalue weighted by Gasteiger charge is -2.36. The van der Waals surface area contributed by atoms with Gasteiger partial charge in [0.2, 0.25) is 0 Å². The number of carbonyl (C=O) groups excluding carboxylic acids is 1. The molecular weight excluding hydrogens is 202 g/mol. The van der Waals surface area contributed by atoms with Crippen LogP contribution in [0.1, 0.15) is 25.7 Å². The summed E-state index contributed by atoms with van der Waals surface area (Å²) < 4.78 is 0. The highest BCUT2D eigenvalue weighted by atomic mass is 16.2. The smallest absolute Gasteiger partial charge is 0.317 e. The van der Waals surface area contributed by atoms with Crippen LogP contribution in [-0.4, -0.2) is 43.2 Å². The number of amides is 2. The van der Waals surface area contributed by atoms with Crippen LogP contribution in [0.3, 0.4) is 0 Å². The van der Waals surface area contributed by atoms with Crippen LogP contribution >= 0.6 is 0 Å². The Morgan fingerprint density at radius 3 is 2.75 bits per heavy atom. The standard InChI is InChI=1S/C12H21N3O/c16-12(14-11-2-1-3-11)15-5-4-9-6-13-7-10(9)8-15/h9-11,13H,1-8H2,(H,14,16). The molecule has 2 saturated heterocycles. The largest absolute Gasteiger partial charge is 0.335 e. The summed E-state index contributed by atoms with van der Waals surface area (Å²) in [5.41, 5.74) is 0. The molecule has 0 spiro atoms. The van der Waals surface area contributed by atoms with E-state index in [0.29, 0.717) is 12.0 Å². The number of nitrogens with one attached hydrogen (secondary N) is 2. The molecule has 1 saturated carbocycles. The van der Waals surface area contributed by atoms with Gasteiger partial charge >= 0.3 is 6.03 Å². The Kier molecular flexibility index (Phi) is 2.75. The van der Waals surface area contributed by atoms with Gasteiger partial charge in [-0.3, -0.25) is 0 Å². The van der Waals surface area contributed by atoms with Crippen LogP contribution in [0.2, 0.25) is 0 Å². The van der Waals surface area contributed by atoms with Crippen molar-refractivity contribution in [3.8, 4) is 0 Å². The fourth-order valence-electron chi connectivity index (χ4n) is 3.04. The second-order valence-electron chi connectivity index (χ2n) is 5.49. The lowest BCUT2D eigenvalue weighted by atomic mass is 9.89. The number of rotatable bonds is 1. The van der Waals surface area contributed by atoms with Crippen molar-refractivity contribution in [3.05, 3.63) is 0 Å². The minimum absolute atomic E-state index is 0.176. The molecule has 3 fully saturated rings.